The third kappa shape index (κ3) is 4.91. The zero-order valence-electron chi connectivity index (χ0n) is 17.1. The van der Waals surface area contributed by atoms with Crippen LogP contribution in [0.4, 0.5) is 5.69 Å². The number of carbonyl (C=O) groups excluding carboxylic acids is 1. The molecule has 1 N–H and O–H groups in total. The van der Waals surface area contributed by atoms with Crippen LogP contribution in [-0.2, 0) is 6.61 Å². The average molecular weight is 426 g/mol. The predicted octanol–water partition coefficient (Wildman–Crippen LogP) is 4.45. The van der Waals surface area contributed by atoms with Crippen LogP contribution in [0.1, 0.15) is 21.8 Å². The maximum Gasteiger partial charge on any atom is 0.255 e. The highest BCUT2D eigenvalue weighted by molar-refractivity contribution is 6.04. The van der Waals surface area contributed by atoms with Gasteiger partial charge in [-0.25, -0.2) is 0 Å². The fraction of sp³-hybridized carbons (Fsp3) is 0.0833. The third-order valence-corrected chi connectivity index (χ3v) is 4.53. The van der Waals surface area contributed by atoms with Gasteiger partial charge < -0.3 is 19.2 Å². The summed E-state index contributed by atoms with van der Waals surface area (Å²) in [7, 11) is 1.60. The van der Waals surface area contributed by atoms with Crippen molar-refractivity contribution in [1.82, 2.24) is 10.2 Å². The van der Waals surface area contributed by atoms with Crippen LogP contribution in [0.15, 0.2) is 77.2 Å². The molecule has 3 aromatic carbocycles. The summed E-state index contributed by atoms with van der Waals surface area (Å²) in [4.78, 5) is 12.3. The van der Waals surface area contributed by atoms with Gasteiger partial charge in [-0.05, 0) is 66.7 Å². The van der Waals surface area contributed by atoms with Crippen molar-refractivity contribution in [2.24, 2.45) is 0 Å². The van der Waals surface area contributed by atoms with Gasteiger partial charge in [0.05, 0.1) is 18.7 Å². The van der Waals surface area contributed by atoms with Gasteiger partial charge in [-0.1, -0.05) is 6.07 Å². The smallest absolute Gasteiger partial charge is 0.255 e. The van der Waals surface area contributed by atoms with E-state index >= 15 is 0 Å². The first kappa shape index (κ1) is 20.6. The van der Waals surface area contributed by atoms with Crippen molar-refractivity contribution < 1.29 is 18.7 Å². The fourth-order valence-electron chi connectivity index (χ4n) is 2.87. The number of methoxy groups -OCH3 is 1. The van der Waals surface area contributed by atoms with Gasteiger partial charge in [-0.15, -0.1) is 10.2 Å². The number of hydrogen-bond donors (Lipinski definition) is 1. The van der Waals surface area contributed by atoms with Gasteiger partial charge in [0, 0.05) is 16.8 Å². The molecule has 1 aromatic heterocycles. The minimum Gasteiger partial charge on any atom is -0.497 e. The third-order valence-electron chi connectivity index (χ3n) is 4.53. The Labute approximate surface area is 184 Å². The van der Waals surface area contributed by atoms with E-state index in [1.165, 1.54) is 6.07 Å². The van der Waals surface area contributed by atoms with Gasteiger partial charge in [0.15, 0.2) is 6.61 Å². The second-order valence-corrected chi connectivity index (χ2v) is 6.69. The Bertz CT molecular complexity index is 1260. The second kappa shape index (κ2) is 9.45. The Morgan fingerprint density at radius 3 is 2.50 bits per heavy atom. The van der Waals surface area contributed by atoms with Gasteiger partial charge in [0.1, 0.15) is 11.5 Å². The SMILES string of the molecule is COc1ccc(-c2nnc(COc3ccc(NC(=O)c4cccc(C#N)c4)cc3)o2)cc1. The van der Waals surface area contributed by atoms with Crippen LogP contribution in [-0.4, -0.2) is 23.2 Å². The van der Waals surface area contributed by atoms with Gasteiger partial charge >= 0.3 is 0 Å². The molecule has 0 aliphatic carbocycles. The molecule has 0 saturated heterocycles. The van der Waals surface area contributed by atoms with E-state index in [0.29, 0.717) is 34.3 Å². The Morgan fingerprint density at radius 2 is 1.78 bits per heavy atom. The summed E-state index contributed by atoms with van der Waals surface area (Å²) in [5.41, 5.74) is 2.22. The van der Waals surface area contributed by atoms with Crippen LogP contribution in [0.25, 0.3) is 11.5 Å². The molecule has 32 heavy (non-hydrogen) atoms. The predicted molar refractivity (Wildman–Crippen MR) is 116 cm³/mol. The highest BCUT2D eigenvalue weighted by atomic mass is 16.5. The van der Waals surface area contributed by atoms with Crippen LogP contribution in [0.2, 0.25) is 0 Å². The molecular formula is C24H18N4O4. The molecule has 0 atom stereocenters. The van der Waals surface area contributed by atoms with Gasteiger partial charge in [-0.2, -0.15) is 5.26 Å². The van der Waals surface area contributed by atoms with Crippen LogP contribution in [0.5, 0.6) is 11.5 Å². The molecule has 158 valence electrons. The topological polar surface area (TPSA) is 110 Å². The first-order valence-electron chi connectivity index (χ1n) is 9.66. The number of aromatic nitrogens is 2. The van der Waals surface area contributed by atoms with E-state index < -0.39 is 0 Å². The molecule has 0 fully saturated rings. The number of ether oxygens (including phenoxy) is 2. The molecule has 0 unspecified atom stereocenters. The summed E-state index contributed by atoms with van der Waals surface area (Å²) in [6.07, 6.45) is 0. The number of anilines is 1. The molecule has 1 heterocycles. The number of benzene rings is 3. The number of amides is 1. The van der Waals surface area contributed by atoms with Crippen molar-refractivity contribution in [2.45, 2.75) is 6.61 Å². The number of hydrogen-bond acceptors (Lipinski definition) is 7. The van der Waals surface area contributed by atoms with Crippen molar-refractivity contribution >= 4 is 11.6 Å². The Balaban J connectivity index is 1.33. The summed E-state index contributed by atoms with van der Waals surface area (Å²) >= 11 is 0. The van der Waals surface area contributed by atoms with E-state index in [4.69, 9.17) is 19.2 Å². The molecule has 4 rings (SSSR count). The zero-order chi connectivity index (χ0) is 22.3. The van der Waals surface area contributed by atoms with E-state index in [1.54, 1.807) is 49.6 Å². The maximum atomic E-state index is 12.3. The van der Waals surface area contributed by atoms with Crippen molar-refractivity contribution in [1.29, 1.82) is 5.26 Å². The summed E-state index contributed by atoms with van der Waals surface area (Å²) in [5.74, 6) is 1.76. The average Bonchev–Trinajstić information content (AvgIpc) is 3.33. The summed E-state index contributed by atoms with van der Waals surface area (Å²) in [5, 5.41) is 19.8. The summed E-state index contributed by atoms with van der Waals surface area (Å²) < 4.78 is 16.5. The molecule has 1 amide bonds. The van der Waals surface area contributed by atoms with E-state index in [0.717, 1.165) is 11.3 Å². The minimum absolute atomic E-state index is 0.107. The van der Waals surface area contributed by atoms with Gasteiger partial charge in [0.25, 0.3) is 11.8 Å². The molecule has 4 aromatic rings. The first-order chi connectivity index (χ1) is 15.6. The molecule has 0 aliphatic heterocycles. The molecule has 8 nitrogen and oxygen atoms in total. The number of nitrogens with one attached hydrogen (secondary N) is 1. The lowest BCUT2D eigenvalue weighted by Crippen LogP contribution is -2.11. The number of nitrogens with zero attached hydrogens (tertiary/aromatic N) is 3. The van der Waals surface area contributed by atoms with Crippen LogP contribution in [0.3, 0.4) is 0 Å². The molecule has 0 bridgehead atoms. The van der Waals surface area contributed by atoms with E-state index in [2.05, 4.69) is 15.5 Å². The van der Waals surface area contributed by atoms with Crippen LogP contribution < -0.4 is 14.8 Å². The Morgan fingerprint density at radius 1 is 1.03 bits per heavy atom. The van der Waals surface area contributed by atoms with E-state index in [9.17, 15) is 4.79 Å². The molecule has 8 heteroatoms. The molecule has 0 saturated carbocycles. The lowest BCUT2D eigenvalue weighted by Gasteiger charge is -2.07. The van der Waals surface area contributed by atoms with Crippen LogP contribution in [0, 0.1) is 11.3 Å². The van der Waals surface area contributed by atoms with Gasteiger partial charge in [-0.3, -0.25) is 4.79 Å². The standard InChI is InChI=1S/C24H18N4O4/c1-30-20-9-5-17(6-10-20)24-28-27-22(32-24)15-31-21-11-7-19(8-12-21)26-23(29)18-4-2-3-16(13-18)14-25/h2-13H,15H2,1H3,(H,26,29). The molecule has 0 aliphatic rings. The minimum atomic E-state index is -0.298. The first-order valence-corrected chi connectivity index (χ1v) is 9.66. The summed E-state index contributed by atoms with van der Waals surface area (Å²) in [6.45, 7) is 0.107. The monoisotopic (exact) mass is 426 g/mol. The largest absolute Gasteiger partial charge is 0.497 e. The zero-order valence-corrected chi connectivity index (χ0v) is 17.1. The number of rotatable bonds is 7. The van der Waals surface area contributed by atoms with Crippen molar-refractivity contribution in [3.8, 4) is 29.0 Å². The van der Waals surface area contributed by atoms with Crippen molar-refractivity contribution in [3.05, 3.63) is 89.8 Å². The molecule has 0 radical (unpaired) electrons. The molecule has 0 spiro atoms. The second-order valence-electron chi connectivity index (χ2n) is 6.69. The maximum absolute atomic E-state index is 12.3. The van der Waals surface area contributed by atoms with Crippen molar-refractivity contribution in [3.63, 3.8) is 0 Å². The lowest BCUT2D eigenvalue weighted by molar-refractivity contribution is 0.102. The normalized spacial score (nSPS) is 10.2. The molecular weight excluding hydrogens is 408 g/mol. The van der Waals surface area contributed by atoms with Crippen LogP contribution >= 0.6 is 0 Å². The Kier molecular flexibility index (Phi) is 6.09. The Hall–Kier alpha value is -4.64. The van der Waals surface area contributed by atoms with E-state index in [1.807, 2.05) is 30.3 Å². The highest BCUT2D eigenvalue weighted by Gasteiger charge is 2.10. The number of nitriles is 1. The highest BCUT2D eigenvalue weighted by Crippen LogP contribution is 2.22. The number of carbonyl (C=O) groups is 1. The van der Waals surface area contributed by atoms with Crippen molar-refractivity contribution in [2.75, 3.05) is 12.4 Å². The fourth-order valence-corrected chi connectivity index (χ4v) is 2.87. The lowest BCUT2D eigenvalue weighted by atomic mass is 10.1. The van der Waals surface area contributed by atoms with E-state index in [-0.39, 0.29) is 12.5 Å². The summed E-state index contributed by atoms with van der Waals surface area (Å²) in [6, 6.07) is 22.7. The van der Waals surface area contributed by atoms with Gasteiger partial charge in [0.2, 0.25) is 5.89 Å². The quantitative estimate of drug-likeness (QED) is 0.465.